The highest BCUT2D eigenvalue weighted by Gasteiger charge is 2.24. The van der Waals surface area contributed by atoms with Crippen molar-refractivity contribution in [2.45, 2.75) is 46.0 Å². The molecular formula is C19H22ClN3S. The summed E-state index contributed by atoms with van der Waals surface area (Å²) in [6, 6.07) is 6.41. The van der Waals surface area contributed by atoms with E-state index < -0.39 is 0 Å². The number of hydrogen-bond donors (Lipinski definition) is 0. The molecule has 126 valence electrons. The number of hydrogen-bond acceptors (Lipinski definition) is 4. The maximum absolute atomic E-state index is 9.93. The van der Waals surface area contributed by atoms with Crippen LogP contribution in [0.4, 0.5) is 5.82 Å². The summed E-state index contributed by atoms with van der Waals surface area (Å²) in [6.45, 7) is 5.92. The van der Waals surface area contributed by atoms with Gasteiger partial charge in [-0.1, -0.05) is 18.0 Å². The fourth-order valence-corrected chi connectivity index (χ4v) is 4.61. The van der Waals surface area contributed by atoms with Gasteiger partial charge in [0, 0.05) is 29.2 Å². The Bertz CT molecular complexity index is 772. The number of nitrogens with zero attached hydrogens (tertiary/aromatic N) is 3. The molecule has 3 rings (SSSR count). The molecule has 0 aromatic carbocycles. The third kappa shape index (κ3) is 3.16. The number of thiophene rings is 1. The number of aryl methyl sites for hydroxylation is 1. The van der Waals surface area contributed by atoms with Gasteiger partial charge in [0.05, 0.1) is 4.34 Å². The Morgan fingerprint density at radius 2 is 1.96 bits per heavy atom. The summed E-state index contributed by atoms with van der Waals surface area (Å²) in [5.74, 6) is 0.836. The number of anilines is 1. The summed E-state index contributed by atoms with van der Waals surface area (Å²) in [4.78, 5) is 8.23. The molecule has 0 bridgehead atoms. The van der Waals surface area contributed by atoms with E-state index in [0.717, 1.165) is 52.9 Å². The third-order valence-electron chi connectivity index (χ3n) is 4.70. The Kier molecular flexibility index (Phi) is 5.43. The molecule has 0 spiro atoms. The zero-order valence-corrected chi connectivity index (χ0v) is 15.8. The Morgan fingerprint density at radius 1 is 1.21 bits per heavy atom. The van der Waals surface area contributed by atoms with Gasteiger partial charge < -0.3 is 4.90 Å². The van der Waals surface area contributed by atoms with Gasteiger partial charge in [0.2, 0.25) is 0 Å². The molecule has 1 aliphatic carbocycles. The van der Waals surface area contributed by atoms with Crippen LogP contribution in [0.25, 0.3) is 10.4 Å². The van der Waals surface area contributed by atoms with Crippen molar-refractivity contribution in [3.05, 3.63) is 33.3 Å². The van der Waals surface area contributed by atoms with Crippen molar-refractivity contribution >= 4 is 28.8 Å². The molecule has 2 aromatic heterocycles. The number of rotatable bonds is 4. The second-order valence-corrected chi connectivity index (χ2v) is 7.77. The molecule has 1 aliphatic rings. The van der Waals surface area contributed by atoms with E-state index in [1.165, 1.54) is 24.1 Å². The van der Waals surface area contributed by atoms with E-state index in [1.54, 1.807) is 11.3 Å². The van der Waals surface area contributed by atoms with Crippen LogP contribution < -0.4 is 4.90 Å². The SMILES string of the molecule is CCN(CC)c1nc2c(c(-c3ccc(Cl)s3)c1C#N)CCCCC2. The van der Waals surface area contributed by atoms with Crippen LogP contribution in [0.15, 0.2) is 12.1 Å². The van der Waals surface area contributed by atoms with E-state index in [4.69, 9.17) is 16.6 Å². The summed E-state index contributed by atoms with van der Waals surface area (Å²) >= 11 is 7.74. The molecule has 2 aromatic rings. The van der Waals surface area contributed by atoms with Crippen molar-refractivity contribution in [1.82, 2.24) is 4.98 Å². The minimum Gasteiger partial charge on any atom is -0.356 e. The summed E-state index contributed by atoms with van der Waals surface area (Å²) in [5.41, 5.74) is 4.22. The molecule has 0 saturated heterocycles. The Hall–Kier alpha value is -1.57. The van der Waals surface area contributed by atoms with Gasteiger partial charge in [-0.15, -0.1) is 11.3 Å². The maximum Gasteiger partial charge on any atom is 0.147 e. The molecule has 24 heavy (non-hydrogen) atoms. The number of nitriles is 1. The van der Waals surface area contributed by atoms with Crippen molar-refractivity contribution < 1.29 is 0 Å². The third-order valence-corrected chi connectivity index (χ3v) is 5.95. The first-order valence-electron chi connectivity index (χ1n) is 8.66. The number of fused-ring (bicyclic) bond motifs is 1. The van der Waals surface area contributed by atoms with Crippen LogP contribution in [-0.2, 0) is 12.8 Å². The van der Waals surface area contributed by atoms with Gasteiger partial charge in [-0.3, -0.25) is 0 Å². The van der Waals surface area contributed by atoms with Crippen LogP contribution in [0.3, 0.4) is 0 Å². The van der Waals surface area contributed by atoms with Crippen molar-refractivity contribution in [3.63, 3.8) is 0 Å². The van der Waals surface area contributed by atoms with Gasteiger partial charge in [0.1, 0.15) is 17.5 Å². The van der Waals surface area contributed by atoms with Crippen LogP contribution >= 0.6 is 22.9 Å². The lowest BCUT2D eigenvalue weighted by Crippen LogP contribution is -2.25. The van der Waals surface area contributed by atoms with Crippen molar-refractivity contribution in [2.24, 2.45) is 0 Å². The summed E-state index contributed by atoms with van der Waals surface area (Å²) in [7, 11) is 0. The molecule has 0 N–H and O–H groups in total. The Morgan fingerprint density at radius 3 is 2.58 bits per heavy atom. The maximum atomic E-state index is 9.93. The molecular weight excluding hydrogens is 338 g/mol. The quantitative estimate of drug-likeness (QED) is 0.681. The van der Waals surface area contributed by atoms with E-state index in [0.29, 0.717) is 5.56 Å². The van der Waals surface area contributed by atoms with E-state index in [2.05, 4.69) is 24.8 Å². The highest BCUT2D eigenvalue weighted by atomic mass is 35.5. The van der Waals surface area contributed by atoms with Crippen LogP contribution in [0.2, 0.25) is 4.34 Å². The van der Waals surface area contributed by atoms with Gasteiger partial charge in [-0.05, 0) is 57.2 Å². The van der Waals surface area contributed by atoms with E-state index in [-0.39, 0.29) is 0 Å². The molecule has 3 nitrogen and oxygen atoms in total. The first-order valence-corrected chi connectivity index (χ1v) is 9.85. The fourth-order valence-electron chi connectivity index (χ4n) is 3.48. The van der Waals surface area contributed by atoms with Gasteiger partial charge in [-0.25, -0.2) is 4.98 Å². The molecule has 5 heteroatoms. The Balaban J connectivity index is 2.30. The molecule has 0 fully saturated rings. The van der Waals surface area contributed by atoms with Gasteiger partial charge >= 0.3 is 0 Å². The van der Waals surface area contributed by atoms with Crippen LogP contribution in [0.1, 0.15) is 49.9 Å². The largest absolute Gasteiger partial charge is 0.356 e. The average molecular weight is 360 g/mol. The van der Waals surface area contributed by atoms with Gasteiger partial charge in [0.25, 0.3) is 0 Å². The fraction of sp³-hybridized carbons (Fsp3) is 0.474. The smallest absolute Gasteiger partial charge is 0.147 e. The van der Waals surface area contributed by atoms with Crippen LogP contribution in [0.5, 0.6) is 0 Å². The van der Waals surface area contributed by atoms with Crippen LogP contribution in [0, 0.1) is 11.3 Å². The normalized spacial score (nSPS) is 13.9. The monoisotopic (exact) mass is 359 g/mol. The van der Waals surface area contributed by atoms with E-state index in [9.17, 15) is 5.26 Å². The topological polar surface area (TPSA) is 39.9 Å². The highest BCUT2D eigenvalue weighted by Crippen LogP contribution is 2.41. The summed E-state index contributed by atoms with van der Waals surface area (Å²) in [5, 5.41) is 9.93. The minimum absolute atomic E-state index is 0.706. The number of halogens is 1. The zero-order chi connectivity index (χ0) is 17.1. The number of pyridine rings is 1. The molecule has 0 radical (unpaired) electrons. The first kappa shape index (κ1) is 17.3. The molecule has 0 unspecified atom stereocenters. The molecule has 0 aliphatic heterocycles. The van der Waals surface area contributed by atoms with E-state index in [1.807, 2.05) is 12.1 Å². The predicted octanol–water partition coefficient (Wildman–Crippen LogP) is 5.45. The molecule has 0 atom stereocenters. The van der Waals surface area contributed by atoms with Gasteiger partial charge in [-0.2, -0.15) is 5.26 Å². The van der Waals surface area contributed by atoms with E-state index >= 15 is 0 Å². The summed E-state index contributed by atoms with van der Waals surface area (Å²) in [6.07, 6.45) is 5.57. The first-order chi connectivity index (χ1) is 11.7. The average Bonchev–Trinajstić information content (AvgIpc) is 2.88. The lowest BCUT2D eigenvalue weighted by Gasteiger charge is -2.25. The number of aromatic nitrogens is 1. The van der Waals surface area contributed by atoms with Crippen LogP contribution in [-0.4, -0.2) is 18.1 Å². The lowest BCUT2D eigenvalue weighted by molar-refractivity contribution is 0.708. The van der Waals surface area contributed by atoms with Crippen molar-refractivity contribution in [2.75, 3.05) is 18.0 Å². The second kappa shape index (κ2) is 7.55. The molecule has 2 heterocycles. The molecule has 0 saturated carbocycles. The van der Waals surface area contributed by atoms with Crippen molar-refractivity contribution in [1.29, 1.82) is 5.26 Å². The standard InChI is InChI=1S/C19H22ClN3S/c1-3-23(4-2)19-14(12-21)18(16-10-11-17(20)24-16)13-8-6-5-7-9-15(13)22-19/h10-11H,3-9H2,1-2H3. The predicted molar refractivity (Wildman–Crippen MR) is 102 cm³/mol. The zero-order valence-electron chi connectivity index (χ0n) is 14.2. The van der Waals surface area contributed by atoms with Crippen molar-refractivity contribution in [3.8, 4) is 16.5 Å². The second-order valence-electron chi connectivity index (χ2n) is 6.06. The minimum atomic E-state index is 0.706. The van der Waals surface area contributed by atoms with Gasteiger partial charge in [0.15, 0.2) is 0 Å². The molecule has 0 amide bonds. The lowest BCUT2D eigenvalue weighted by atomic mass is 9.95. The highest BCUT2D eigenvalue weighted by molar-refractivity contribution is 7.19. The Labute approximate surface area is 152 Å². The summed E-state index contributed by atoms with van der Waals surface area (Å²) < 4.78 is 0.762.